The van der Waals surface area contributed by atoms with Crippen molar-refractivity contribution in [3.8, 4) is 11.3 Å². The number of nitrogen functional groups attached to an aromatic ring is 1. The lowest BCUT2D eigenvalue weighted by Gasteiger charge is -2.35. The Balaban J connectivity index is 0.673. The van der Waals surface area contributed by atoms with E-state index in [1.54, 1.807) is 12.4 Å². The second kappa shape index (κ2) is 20.7. The number of ether oxygens (including phenoxy) is 1. The minimum atomic E-state index is 0.0761. The number of hydrogen-bond acceptors (Lipinski definition) is 16. The van der Waals surface area contributed by atoms with Crippen LogP contribution in [0.15, 0.2) is 49.5 Å². The van der Waals surface area contributed by atoms with Gasteiger partial charge in [-0.2, -0.15) is 5.10 Å². The second-order valence-corrected chi connectivity index (χ2v) is 16.1. The molecule has 0 radical (unpaired) electrons. The fourth-order valence-corrected chi connectivity index (χ4v) is 8.24. The van der Waals surface area contributed by atoms with Gasteiger partial charge in [0, 0.05) is 127 Å². The predicted octanol–water partition coefficient (Wildman–Crippen LogP) is 3.44. The number of nitrogens with two attached hydrogens (primary N) is 1. The number of ketones is 1. The van der Waals surface area contributed by atoms with Crippen molar-refractivity contribution in [2.24, 2.45) is 0 Å². The molecule has 1 aliphatic carbocycles. The number of Topliss-reactive ketones (excluding diaryl/α,β-unsaturated/α-hetero) is 1. The van der Waals surface area contributed by atoms with Gasteiger partial charge in [0.25, 0.3) is 0 Å². The molecule has 18 heteroatoms. The van der Waals surface area contributed by atoms with Gasteiger partial charge in [0.2, 0.25) is 17.8 Å². The fourth-order valence-electron chi connectivity index (χ4n) is 8.24. The lowest BCUT2D eigenvalue weighted by Crippen LogP contribution is -2.49. The first-order chi connectivity index (χ1) is 30.4. The number of pyridine rings is 1. The molecule has 326 valence electrons. The molecule has 62 heavy (non-hydrogen) atoms. The third-order valence-corrected chi connectivity index (χ3v) is 11.8. The Hall–Kier alpha value is -5.98. The number of fused-ring (bicyclic) bond motifs is 2. The zero-order chi connectivity index (χ0) is 42.7. The van der Waals surface area contributed by atoms with Crippen LogP contribution < -0.4 is 20.9 Å². The molecule has 7 heterocycles. The second-order valence-electron chi connectivity index (χ2n) is 16.1. The number of carbonyl (C=O) groups is 2. The van der Waals surface area contributed by atoms with Crippen molar-refractivity contribution in [3.63, 3.8) is 0 Å². The summed E-state index contributed by atoms with van der Waals surface area (Å²) < 4.78 is 7.79. The zero-order valence-corrected chi connectivity index (χ0v) is 35.7. The van der Waals surface area contributed by atoms with Crippen LogP contribution in [-0.2, 0) is 29.0 Å². The number of nitrogens with one attached hydrogen (secondary N) is 1. The first kappa shape index (κ1) is 42.7. The van der Waals surface area contributed by atoms with E-state index in [0.29, 0.717) is 69.0 Å². The maximum atomic E-state index is 13.0. The molecule has 5 aromatic heterocycles. The normalized spacial score (nSPS) is 15.5. The van der Waals surface area contributed by atoms with E-state index in [4.69, 9.17) is 15.6 Å². The number of allylic oxidation sites excluding steroid dienone is 1. The first-order valence-corrected chi connectivity index (χ1v) is 21.9. The molecular formula is C44H57N15O3. The largest absolute Gasteiger partial charge is 0.383 e. The number of amides is 1. The molecule has 0 saturated carbocycles. The van der Waals surface area contributed by atoms with Gasteiger partial charge in [-0.25, -0.2) is 34.6 Å². The summed E-state index contributed by atoms with van der Waals surface area (Å²) in [5.41, 5.74) is 12.5. The molecule has 1 amide bonds. The Kier molecular flexibility index (Phi) is 14.3. The molecule has 0 aromatic carbocycles. The van der Waals surface area contributed by atoms with Crippen molar-refractivity contribution < 1.29 is 14.3 Å². The topological polar surface area (TPSA) is 202 Å². The van der Waals surface area contributed by atoms with E-state index in [2.05, 4.69) is 73.1 Å². The van der Waals surface area contributed by atoms with Gasteiger partial charge in [-0.15, -0.1) is 0 Å². The van der Waals surface area contributed by atoms with Crippen LogP contribution in [0.25, 0.3) is 28.4 Å². The average molecular weight is 844 g/mol. The lowest BCUT2D eigenvalue weighted by atomic mass is 10.1. The van der Waals surface area contributed by atoms with Gasteiger partial charge in [0.15, 0.2) is 11.4 Å². The van der Waals surface area contributed by atoms with Crippen molar-refractivity contribution in [1.82, 2.24) is 59.8 Å². The van der Waals surface area contributed by atoms with Crippen molar-refractivity contribution in [1.29, 1.82) is 0 Å². The Morgan fingerprint density at radius 1 is 0.758 bits per heavy atom. The molecule has 5 aromatic rings. The number of carbonyl (C=O) groups excluding carboxylic acids is 2. The first-order valence-electron chi connectivity index (χ1n) is 21.9. The van der Waals surface area contributed by atoms with Crippen LogP contribution in [0.1, 0.15) is 72.1 Å². The summed E-state index contributed by atoms with van der Waals surface area (Å²) in [7, 11) is 1.90. The molecule has 0 bridgehead atoms. The minimum Gasteiger partial charge on any atom is -0.383 e. The highest BCUT2D eigenvalue weighted by Crippen LogP contribution is 2.32. The average Bonchev–Trinajstić information content (AvgIpc) is 3.94. The quantitative estimate of drug-likeness (QED) is 0.0852. The van der Waals surface area contributed by atoms with Crippen LogP contribution in [0.4, 0.5) is 17.7 Å². The van der Waals surface area contributed by atoms with Gasteiger partial charge < -0.3 is 30.5 Å². The van der Waals surface area contributed by atoms with E-state index in [1.807, 2.05) is 35.2 Å². The number of aromatic nitrogens is 9. The molecule has 0 spiro atoms. The molecule has 8 rings (SSSR count). The van der Waals surface area contributed by atoms with Gasteiger partial charge in [-0.05, 0) is 31.5 Å². The molecule has 0 atom stereocenters. The maximum Gasteiger partial charge on any atom is 0.225 e. The van der Waals surface area contributed by atoms with Crippen LogP contribution in [0.2, 0.25) is 0 Å². The molecular weight excluding hydrogens is 787 g/mol. The van der Waals surface area contributed by atoms with Crippen molar-refractivity contribution in [3.05, 3.63) is 71.8 Å². The molecule has 3 aliphatic rings. The third kappa shape index (κ3) is 10.5. The fraction of sp³-hybridized carbons (Fsp3) is 0.500. The number of hydrogen-bond donors (Lipinski definition) is 2. The van der Waals surface area contributed by atoms with E-state index in [0.717, 1.165) is 130 Å². The SMILES string of the molecule is CNCc1cnc(N2CCN(C(=O)CCOCCN3CCN(c4ncc(C(=O)CCCCCCCn5nc(-c6cnc7c(c6)C=CC7)c6c(N)ncnc65)cn4)CC3)CC2)nc1. The third-order valence-electron chi connectivity index (χ3n) is 11.8. The van der Waals surface area contributed by atoms with Gasteiger partial charge in [0.05, 0.1) is 36.3 Å². The molecule has 2 aliphatic heterocycles. The van der Waals surface area contributed by atoms with Crippen LogP contribution in [-0.4, -0.2) is 145 Å². The van der Waals surface area contributed by atoms with E-state index >= 15 is 0 Å². The number of nitrogens with zero attached hydrogens (tertiary/aromatic N) is 13. The van der Waals surface area contributed by atoms with E-state index in [9.17, 15) is 9.59 Å². The van der Waals surface area contributed by atoms with Crippen molar-refractivity contribution in [2.45, 2.75) is 64.5 Å². The molecule has 0 unspecified atom stereocenters. The smallest absolute Gasteiger partial charge is 0.225 e. The number of rotatable bonds is 20. The van der Waals surface area contributed by atoms with E-state index < -0.39 is 0 Å². The summed E-state index contributed by atoms with van der Waals surface area (Å²) in [6, 6.07) is 2.11. The van der Waals surface area contributed by atoms with Gasteiger partial charge >= 0.3 is 0 Å². The van der Waals surface area contributed by atoms with Crippen molar-refractivity contribution in [2.75, 3.05) is 94.7 Å². The summed E-state index contributed by atoms with van der Waals surface area (Å²) >= 11 is 0. The summed E-state index contributed by atoms with van der Waals surface area (Å²) in [4.78, 5) is 65.8. The molecule has 3 N–H and O–H groups in total. The lowest BCUT2D eigenvalue weighted by molar-refractivity contribution is -0.132. The number of aryl methyl sites for hydroxylation is 1. The number of anilines is 3. The van der Waals surface area contributed by atoms with Crippen LogP contribution in [0.5, 0.6) is 0 Å². The van der Waals surface area contributed by atoms with Gasteiger partial charge in [-0.1, -0.05) is 31.4 Å². The monoisotopic (exact) mass is 843 g/mol. The predicted molar refractivity (Wildman–Crippen MR) is 237 cm³/mol. The maximum absolute atomic E-state index is 13.0. The van der Waals surface area contributed by atoms with E-state index in [-0.39, 0.29) is 11.7 Å². The zero-order valence-electron chi connectivity index (χ0n) is 35.7. The molecule has 2 saturated heterocycles. The highest BCUT2D eigenvalue weighted by Gasteiger charge is 2.24. The minimum absolute atomic E-state index is 0.0761. The Labute approximate surface area is 362 Å². The highest BCUT2D eigenvalue weighted by atomic mass is 16.5. The number of piperazine rings is 2. The standard InChI is InChI=1S/C44H57N15O3/c1-46-25-32-26-48-43(49-27-32)58-19-17-56(18-20-58)38(61)11-22-62-23-21-55-13-15-57(16-14-55)44-50-29-35(30-51-44)37(60)10-5-3-2-4-6-12-59-42-39(41(45)52-31-53-42)40(54-59)34-24-33-8-7-9-36(33)47-28-34/h7-8,24,26-31,46H,2-6,9-23,25H2,1H3,(H2,45,52,53). The van der Waals surface area contributed by atoms with Crippen LogP contribution >= 0.6 is 0 Å². The van der Waals surface area contributed by atoms with Crippen molar-refractivity contribution >= 4 is 46.5 Å². The Bertz CT molecular complexity index is 2300. The Morgan fingerprint density at radius 3 is 2.23 bits per heavy atom. The van der Waals surface area contributed by atoms with Crippen LogP contribution in [0, 0.1) is 0 Å². The summed E-state index contributed by atoms with van der Waals surface area (Å²) in [5, 5.41) is 8.77. The summed E-state index contributed by atoms with van der Waals surface area (Å²) in [6.07, 6.45) is 21.0. The molecule has 2 fully saturated rings. The van der Waals surface area contributed by atoms with Gasteiger partial charge in [0.1, 0.15) is 17.8 Å². The number of unbranched alkanes of at least 4 members (excludes halogenated alkanes) is 4. The van der Waals surface area contributed by atoms with Crippen LogP contribution in [0.3, 0.4) is 0 Å². The Morgan fingerprint density at radius 2 is 1.47 bits per heavy atom. The summed E-state index contributed by atoms with van der Waals surface area (Å²) in [5.74, 6) is 1.98. The van der Waals surface area contributed by atoms with E-state index in [1.165, 1.54) is 6.33 Å². The summed E-state index contributed by atoms with van der Waals surface area (Å²) in [6.45, 7) is 9.34. The molecule has 18 nitrogen and oxygen atoms in total. The van der Waals surface area contributed by atoms with Gasteiger partial charge in [-0.3, -0.25) is 19.5 Å². The highest BCUT2D eigenvalue weighted by molar-refractivity contribution is 5.98.